The Morgan fingerprint density at radius 1 is 1.50 bits per heavy atom. The molecule has 2 aromatic rings. The van der Waals surface area contributed by atoms with Crippen molar-refractivity contribution in [1.29, 1.82) is 0 Å². The summed E-state index contributed by atoms with van der Waals surface area (Å²) in [5.41, 5.74) is 1.07. The smallest absolute Gasteiger partial charge is 0.241 e. The minimum absolute atomic E-state index is 0.0228. The molecule has 0 aromatic carbocycles. The molecule has 3 rings (SSSR count). The zero-order valence-electron chi connectivity index (χ0n) is 15.1. The number of aliphatic hydroxyl groups is 1. The third kappa shape index (κ3) is 3.67. The largest absolute Gasteiger partial charge is 0.390 e. The summed E-state index contributed by atoms with van der Waals surface area (Å²) in [4.78, 5) is 4.14. The van der Waals surface area contributed by atoms with Crippen molar-refractivity contribution in [1.82, 2.24) is 18.9 Å². The highest BCUT2D eigenvalue weighted by atomic mass is 32.2. The Bertz CT molecular complexity index is 901. The van der Waals surface area contributed by atoms with E-state index < -0.39 is 16.1 Å². The summed E-state index contributed by atoms with van der Waals surface area (Å²) in [6.07, 6.45) is 2.93. The first-order chi connectivity index (χ1) is 12.2. The van der Waals surface area contributed by atoms with Crippen molar-refractivity contribution in [2.75, 3.05) is 24.7 Å². The highest BCUT2D eigenvalue weighted by Gasteiger charge is 2.32. The van der Waals surface area contributed by atoms with E-state index in [9.17, 15) is 17.9 Å². The second-order valence-corrected chi connectivity index (χ2v) is 8.82. The van der Waals surface area contributed by atoms with Crippen LogP contribution >= 0.6 is 0 Å². The molecule has 1 saturated heterocycles. The lowest BCUT2D eigenvalue weighted by Gasteiger charge is -2.34. The number of aromatic nitrogens is 3. The van der Waals surface area contributed by atoms with Gasteiger partial charge in [0.05, 0.1) is 24.6 Å². The van der Waals surface area contributed by atoms with Crippen LogP contribution in [0, 0.1) is 5.82 Å². The van der Waals surface area contributed by atoms with Gasteiger partial charge in [-0.05, 0) is 24.8 Å². The standard InChI is InChI=1S/C16H24FN5O3S/c1-4-10(2)13-7-11(17)14-8-18-16(20-22(13)14)19-12-5-6-21(9-15(12)23)26(3,24)25/h7-8,10,12,15,23H,4-6,9H2,1-3H3,(H,19,20)/t10?,12-,15-/m1/s1. The fraction of sp³-hybridized carbons (Fsp3) is 0.625. The quantitative estimate of drug-likeness (QED) is 0.802. The van der Waals surface area contributed by atoms with E-state index in [0.29, 0.717) is 18.5 Å². The third-order valence-electron chi connectivity index (χ3n) is 4.94. The number of hydrogen-bond donors (Lipinski definition) is 2. The number of hydrogen-bond acceptors (Lipinski definition) is 6. The number of nitrogens with zero attached hydrogens (tertiary/aromatic N) is 4. The molecule has 0 bridgehead atoms. The number of fused-ring (bicyclic) bond motifs is 1. The second-order valence-electron chi connectivity index (χ2n) is 6.83. The number of rotatable bonds is 5. The van der Waals surface area contributed by atoms with Gasteiger partial charge >= 0.3 is 0 Å². The number of piperidine rings is 1. The van der Waals surface area contributed by atoms with E-state index in [1.165, 1.54) is 21.1 Å². The van der Waals surface area contributed by atoms with Gasteiger partial charge in [-0.3, -0.25) is 0 Å². The van der Waals surface area contributed by atoms with Gasteiger partial charge in [-0.25, -0.2) is 22.3 Å². The molecule has 0 radical (unpaired) electrons. The Kier molecular flexibility index (Phi) is 5.18. The van der Waals surface area contributed by atoms with Crippen molar-refractivity contribution in [3.8, 4) is 0 Å². The van der Waals surface area contributed by atoms with Crippen molar-refractivity contribution in [3.63, 3.8) is 0 Å². The highest BCUT2D eigenvalue weighted by Crippen LogP contribution is 2.24. The molecule has 26 heavy (non-hydrogen) atoms. The lowest BCUT2D eigenvalue weighted by molar-refractivity contribution is 0.0950. The van der Waals surface area contributed by atoms with E-state index in [2.05, 4.69) is 15.4 Å². The van der Waals surface area contributed by atoms with Crippen LogP contribution in [0.3, 0.4) is 0 Å². The van der Waals surface area contributed by atoms with Crippen LogP contribution in [0.5, 0.6) is 0 Å². The topological polar surface area (TPSA) is 99.8 Å². The lowest BCUT2D eigenvalue weighted by Crippen LogP contribution is -2.51. The molecular weight excluding hydrogens is 361 g/mol. The number of β-amino-alcohol motifs (C(OH)–C–C–N with tert-alkyl or cyclic N) is 1. The zero-order chi connectivity index (χ0) is 19.1. The molecule has 2 N–H and O–H groups in total. The molecule has 10 heteroatoms. The zero-order valence-corrected chi connectivity index (χ0v) is 15.9. The van der Waals surface area contributed by atoms with Gasteiger partial charge in [0.15, 0.2) is 5.82 Å². The van der Waals surface area contributed by atoms with Gasteiger partial charge in [0.1, 0.15) is 5.52 Å². The third-order valence-corrected chi connectivity index (χ3v) is 6.21. The van der Waals surface area contributed by atoms with E-state index in [-0.39, 0.29) is 30.3 Å². The fourth-order valence-corrected chi connectivity index (χ4v) is 4.00. The fourth-order valence-electron chi connectivity index (χ4n) is 3.14. The molecule has 1 aliphatic heterocycles. The van der Waals surface area contributed by atoms with E-state index in [4.69, 9.17) is 0 Å². The van der Waals surface area contributed by atoms with E-state index in [1.54, 1.807) is 0 Å². The molecule has 8 nitrogen and oxygen atoms in total. The molecule has 3 heterocycles. The van der Waals surface area contributed by atoms with Gasteiger partial charge in [-0.1, -0.05) is 13.8 Å². The van der Waals surface area contributed by atoms with Gasteiger partial charge < -0.3 is 10.4 Å². The molecule has 2 aromatic heterocycles. The van der Waals surface area contributed by atoms with Crippen molar-refractivity contribution < 1.29 is 17.9 Å². The molecule has 0 saturated carbocycles. The van der Waals surface area contributed by atoms with Gasteiger partial charge in [0, 0.05) is 18.8 Å². The maximum absolute atomic E-state index is 14.1. The maximum Gasteiger partial charge on any atom is 0.241 e. The van der Waals surface area contributed by atoms with Crippen LogP contribution in [-0.2, 0) is 10.0 Å². The van der Waals surface area contributed by atoms with Gasteiger partial charge in [0.2, 0.25) is 16.0 Å². The monoisotopic (exact) mass is 385 g/mol. The van der Waals surface area contributed by atoms with Crippen molar-refractivity contribution in [2.45, 2.75) is 44.8 Å². The Labute approximate surface area is 152 Å². The van der Waals surface area contributed by atoms with Crippen LogP contribution in [0.1, 0.15) is 38.3 Å². The Morgan fingerprint density at radius 3 is 2.85 bits per heavy atom. The molecular formula is C16H24FN5O3S. The number of sulfonamides is 1. The minimum atomic E-state index is -3.33. The van der Waals surface area contributed by atoms with E-state index in [0.717, 1.165) is 18.4 Å². The van der Waals surface area contributed by atoms with Crippen LogP contribution < -0.4 is 5.32 Å². The summed E-state index contributed by atoms with van der Waals surface area (Å²) in [6, 6.07) is 1.10. The normalized spacial score (nSPS) is 23.3. The van der Waals surface area contributed by atoms with Crippen LogP contribution in [0.2, 0.25) is 0 Å². The molecule has 0 aliphatic carbocycles. The van der Waals surface area contributed by atoms with Gasteiger partial charge in [0.25, 0.3) is 0 Å². The average Bonchev–Trinajstić information content (AvgIpc) is 2.91. The van der Waals surface area contributed by atoms with Crippen molar-refractivity contribution >= 4 is 21.5 Å². The van der Waals surface area contributed by atoms with Crippen LogP contribution in [0.25, 0.3) is 5.52 Å². The van der Waals surface area contributed by atoms with Crippen LogP contribution in [0.15, 0.2) is 12.3 Å². The summed E-state index contributed by atoms with van der Waals surface area (Å²) in [5.74, 6) is 0.0428. The number of nitrogens with one attached hydrogen (secondary N) is 1. The first-order valence-corrected chi connectivity index (χ1v) is 10.5. The molecule has 1 fully saturated rings. The summed E-state index contributed by atoms with van der Waals surface area (Å²) >= 11 is 0. The molecule has 0 spiro atoms. The molecule has 3 atom stereocenters. The Morgan fingerprint density at radius 2 is 2.23 bits per heavy atom. The molecule has 0 amide bonds. The Hall–Kier alpha value is -1.78. The molecule has 1 unspecified atom stereocenters. The number of anilines is 1. The average molecular weight is 385 g/mol. The maximum atomic E-state index is 14.1. The molecule has 1 aliphatic rings. The van der Waals surface area contributed by atoms with E-state index in [1.807, 2.05) is 13.8 Å². The van der Waals surface area contributed by atoms with Crippen molar-refractivity contribution in [3.05, 3.63) is 23.8 Å². The number of aliphatic hydroxyl groups excluding tert-OH is 1. The Balaban J connectivity index is 1.81. The van der Waals surface area contributed by atoms with E-state index >= 15 is 0 Å². The summed E-state index contributed by atoms with van der Waals surface area (Å²) in [6.45, 7) is 4.36. The predicted molar refractivity (Wildman–Crippen MR) is 96.1 cm³/mol. The first kappa shape index (κ1) is 19.0. The predicted octanol–water partition coefficient (Wildman–Crippen LogP) is 1.19. The van der Waals surface area contributed by atoms with Crippen molar-refractivity contribution in [2.24, 2.45) is 0 Å². The van der Waals surface area contributed by atoms with Crippen LogP contribution in [-0.4, -0.2) is 63.9 Å². The van der Waals surface area contributed by atoms with Crippen LogP contribution in [0.4, 0.5) is 10.3 Å². The summed E-state index contributed by atoms with van der Waals surface area (Å²) in [5, 5.41) is 17.7. The lowest BCUT2D eigenvalue weighted by atomic mass is 10.0. The number of halogens is 1. The first-order valence-electron chi connectivity index (χ1n) is 8.64. The minimum Gasteiger partial charge on any atom is -0.390 e. The highest BCUT2D eigenvalue weighted by molar-refractivity contribution is 7.88. The molecule has 144 valence electrons. The van der Waals surface area contributed by atoms with Gasteiger partial charge in [-0.2, -0.15) is 4.31 Å². The summed E-state index contributed by atoms with van der Waals surface area (Å²) in [7, 11) is -3.33. The second kappa shape index (κ2) is 7.09. The SMILES string of the molecule is CCC(C)c1cc(F)c2cnc(N[C@@H]3CCN(S(C)(=O)=O)C[C@H]3O)nn12. The summed E-state index contributed by atoms with van der Waals surface area (Å²) < 4.78 is 40.1. The van der Waals surface area contributed by atoms with Gasteiger partial charge in [-0.15, -0.1) is 5.10 Å².